The van der Waals surface area contributed by atoms with Gasteiger partial charge >= 0.3 is 0 Å². The van der Waals surface area contributed by atoms with Crippen molar-refractivity contribution in [3.05, 3.63) is 12.2 Å². The summed E-state index contributed by atoms with van der Waals surface area (Å²) in [5.41, 5.74) is -0.600. The molecule has 4 heteroatoms. The van der Waals surface area contributed by atoms with Gasteiger partial charge in [0.15, 0.2) is 0 Å². The highest BCUT2D eigenvalue weighted by molar-refractivity contribution is 6.13. The van der Waals surface area contributed by atoms with Crippen LogP contribution in [0, 0.1) is 0 Å². The van der Waals surface area contributed by atoms with Gasteiger partial charge in [-0.25, -0.2) is 0 Å². The summed E-state index contributed by atoms with van der Waals surface area (Å²) in [5, 5.41) is 3.18. The number of rotatable bonds is 4. The molecule has 1 aliphatic heterocycles. The molecular formula is C12H20N2O2. The lowest BCUT2D eigenvalue weighted by Gasteiger charge is -2.40. The van der Waals surface area contributed by atoms with Crippen molar-refractivity contribution in [3.63, 3.8) is 0 Å². The average molecular weight is 224 g/mol. The van der Waals surface area contributed by atoms with Gasteiger partial charge < -0.3 is 5.32 Å². The molecule has 0 bridgehead atoms. The Kier molecular flexibility index (Phi) is 3.24. The van der Waals surface area contributed by atoms with E-state index in [4.69, 9.17) is 0 Å². The summed E-state index contributed by atoms with van der Waals surface area (Å²) in [5.74, 6) is -0.441. The molecule has 1 heterocycles. The first-order chi connectivity index (χ1) is 7.19. The van der Waals surface area contributed by atoms with Crippen molar-refractivity contribution in [1.29, 1.82) is 0 Å². The van der Waals surface area contributed by atoms with E-state index in [2.05, 4.69) is 5.32 Å². The molecule has 0 saturated heterocycles. The molecule has 1 aliphatic rings. The van der Waals surface area contributed by atoms with E-state index < -0.39 is 5.54 Å². The average Bonchev–Trinajstić information content (AvgIpc) is 2.44. The molecule has 0 aromatic rings. The molecule has 4 nitrogen and oxygen atoms in total. The molecule has 16 heavy (non-hydrogen) atoms. The van der Waals surface area contributed by atoms with E-state index in [0.717, 1.165) is 0 Å². The van der Waals surface area contributed by atoms with Gasteiger partial charge in [0.2, 0.25) is 0 Å². The lowest BCUT2D eigenvalue weighted by Crippen LogP contribution is -2.53. The van der Waals surface area contributed by atoms with Gasteiger partial charge in [0.05, 0.1) is 0 Å². The van der Waals surface area contributed by atoms with E-state index in [9.17, 15) is 9.59 Å². The molecule has 0 spiro atoms. The van der Waals surface area contributed by atoms with Crippen molar-refractivity contribution in [1.82, 2.24) is 10.2 Å². The number of hydrogen-bond acceptors (Lipinski definition) is 3. The zero-order chi connectivity index (χ0) is 12.6. The second kappa shape index (κ2) is 4.01. The van der Waals surface area contributed by atoms with Crippen LogP contribution in [0.4, 0.5) is 0 Å². The van der Waals surface area contributed by atoms with Crippen molar-refractivity contribution in [2.75, 3.05) is 7.05 Å². The van der Waals surface area contributed by atoms with Crippen LogP contribution in [0.25, 0.3) is 0 Å². The zero-order valence-corrected chi connectivity index (χ0v) is 10.6. The third-order valence-corrected chi connectivity index (χ3v) is 2.97. The number of carbonyl (C=O) groups is 2. The summed E-state index contributed by atoms with van der Waals surface area (Å²) in [6.45, 7) is 7.92. The van der Waals surface area contributed by atoms with Gasteiger partial charge in [-0.3, -0.25) is 14.5 Å². The van der Waals surface area contributed by atoms with Gasteiger partial charge in [-0.05, 0) is 41.2 Å². The number of amides is 2. The molecule has 0 aliphatic carbocycles. The van der Waals surface area contributed by atoms with Crippen LogP contribution in [0.2, 0.25) is 0 Å². The maximum Gasteiger partial charge on any atom is 0.254 e. The predicted molar refractivity (Wildman–Crippen MR) is 62.8 cm³/mol. The second-order valence-electron chi connectivity index (χ2n) is 5.47. The number of nitrogens with one attached hydrogen (secondary N) is 1. The fourth-order valence-electron chi connectivity index (χ4n) is 2.25. The fourth-order valence-corrected chi connectivity index (χ4v) is 2.25. The summed E-state index contributed by atoms with van der Waals surface area (Å²) in [7, 11) is 1.88. The smallest absolute Gasteiger partial charge is 0.254 e. The normalized spacial score (nSPS) is 17.4. The van der Waals surface area contributed by atoms with Crippen LogP contribution < -0.4 is 5.32 Å². The molecule has 1 N–H and O–H groups in total. The highest BCUT2D eigenvalue weighted by atomic mass is 16.2. The first-order valence-corrected chi connectivity index (χ1v) is 5.45. The summed E-state index contributed by atoms with van der Waals surface area (Å²) in [4.78, 5) is 24.5. The topological polar surface area (TPSA) is 49.4 Å². The molecular weight excluding hydrogens is 204 g/mol. The van der Waals surface area contributed by atoms with Gasteiger partial charge in [-0.1, -0.05) is 0 Å². The number of nitrogens with zero attached hydrogens (tertiary/aromatic N) is 1. The Labute approximate surface area is 96.7 Å². The predicted octanol–water partition coefficient (Wildman–Crippen LogP) is 1.08. The van der Waals surface area contributed by atoms with E-state index in [1.807, 2.05) is 34.7 Å². The van der Waals surface area contributed by atoms with E-state index >= 15 is 0 Å². The third kappa shape index (κ3) is 2.50. The SMILES string of the molecule is CNC(C)(C)CC(C)(C)N1C(=O)C=CC1=O. The van der Waals surface area contributed by atoms with E-state index in [0.29, 0.717) is 6.42 Å². The maximum absolute atomic E-state index is 11.6. The van der Waals surface area contributed by atoms with Crippen LogP contribution in [-0.2, 0) is 9.59 Å². The quantitative estimate of drug-likeness (QED) is 0.727. The Hall–Kier alpha value is -1.16. The summed E-state index contributed by atoms with van der Waals surface area (Å²) in [6.07, 6.45) is 3.36. The molecule has 0 unspecified atom stereocenters. The van der Waals surface area contributed by atoms with Gasteiger partial charge in [-0.15, -0.1) is 0 Å². The van der Waals surface area contributed by atoms with Gasteiger partial charge in [-0.2, -0.15) is 0 Å². The summed E-state index contributed by atoms with van der Waals surface area (Å²) >= 11 is 0. The van der Waals surface area contributed by atoms with Crippen LogP contribution in [0.5, 0.6) is 0 Å². The van der Waals surface area contributed by atoms with Crippen molar-refractivity contribution in [3.8, 4) is 0 Å². The van der Waals surface area contributed by atoms with Crippen LogP contribution in [0.1, 0.15) is 34.1 Å². The summed E-state index contributed by atoms with van der Waals surface area (Å²) < 4.78 is 0. The monoisotopic (exact) mass is 224 g/mol. The summed E-state index contributed by atoms with van der Waals surface area (Å²) in [6, 6.07) is 0. The molecule has 0 atom stereocenters. The van der Waals surface area contributed by atoms with Crippen molar-refractivity contribution in [2.45, 2.75) is 45.2 Å². The third-order valence-electron chi connectivity index (χ3n) is 2.97. The van der Waals surface area contributed by atoms with Gasteiger partial charge in [0, 0.05) is 23.2 Å². The molecule has 0 saturated carbocycles. The van der Waals surface area contributed by atoms with Crippen molar-refractivity contribution < 1.29 is 9.59 Å². The molecule has 0 aromatic carbocycles. The van der Waals surface area contributed by atoms with Gasteiger partial charge in [0.25, 0.3) is 11.8 Å². The Morgan fingerprint density at radius 3 is 1.94 bits per heavy atom. The number of hydrogen-bond donors (Lipinski definition) is 1. The Morgan fingerprint density at radius 1 is 1.12 bits per heavy atom. The molecule has 0 radical (unpaired) electrons. The molecule has 90 valence electrons. The minimum atomic E-state index is -0.482. The maximum atomic E-state index is 11.6. The Balaban J connectivity index is 2.86. The first kappa shape index (κ1) is 12.9. The van der Waals surface area contributed by atoms with Crippen LogP contribution in [0.3, 0.4) is 0 Å². The van der Waals surface area contributed by atoms with Crippen LogP contribution >= 0.6 is 0 Å². The van der Waals surface area contributed by atoms with Gasteiger partial charge in [0.1, 0.15) is 0 Å². The van der Waals surface area contributed by atoms with E-state index in [1.165, 1.54) is 17.1 Å². The van der Waals surface area contributed by atoms with Crippen molar-refractivity contribution >= 4 is 11.8 Å². The first-order valence-electron chi connectivity index (χ1n) is 5.45. The minimum Gasteiger partial charge on any atom is -0.315 e. The minimum absolute atomic E-state index is 0.118. The largest absolute Gasteiger partial charge is 0.315 e. The Bertz CT molecular complexity index is 325. The molecule has 0 aromatic heterocycles. The zero-order valence-electron chi connectivity index (χ0n) is 10.6. The highest BCUT2D eigenvalue weighted by Gasteiger charge is 2.40. The molecule has 0 fully saturated rings. The highest BCUT2D eigenvalue weighted by Crippen LogP contribution is 2.28. The standard InChI is InChI=1S/C12H20N2O2/c1-11(2,13-5)8-12(3,4)14-9(15)6-7-10(14)16/h6-7,13H,8H2,1-5H3. The lowest BCUT2D eigenvalue weighted by molar-refractivity contribution is -0.143. The number of carbonyl (C=O) groups excluding carboxylic acids is 2. The van der Waals surface area contributed by atoms with Crippen LogP contribution in [0.15, 0.2) is 12.2 Å². The lowest BCUT2D eigenvalue weighted by atomic mass is 9.86. The number of imide groups is 1. The molecule has 1 rings (SSSR count). The Morgan fingerprint density at radius 2 is 1.56 bits per heavy atom. The second-order valence-corrected chi connectivity index (χ2v) is 5.47. The van der Waals surface area contributed by atoms with E-state index in [-0.39, 0.29) is 17.4 Å². The van der Waals surface area contributed by atoms with E-state index in [1.54, 1.807) is 0 Å². The molecule has 2 amide bonds. The fraction of sp³-hybridized carbons (Fsp3) is 0.667. The van der Waals surface area contributed by atoms with Crippen molar-refractivity contribution in [2.24, 2.45) is 0 Å². The van der Waals surface area contributed by atoms with Crippen LogP contribution in [-0.4, -0.2) is 34.8 Å².